The summed E-state index contributed by atoms with van der Waals surface area (Å²) >= 11 is 3.42. The van der Waals surface area contributed by atoms with Crippen molar-refractivity contribution in [3.05, 3.63) is 0 Å². The molecule has 56 valence electrons. The average molecular weight is 215 g/mol. The van der Waals surface area contributed by atoms with Crippen LogP contribution < -0.4 is 0 Å². The van der Waals surface area contributed by atoms with Gasteiger partial charge in [0, 0.05) is 11.9 Å². The highest BCUT2D eigenvalue weighted by atomic mass is 79.9. The lowest BCUT2D eigenvalue weighted by Crippen LogP contribution is -2.20. The summed E-state index contributed by atoms with van der Waals surface area (Å²) in [5, 5.41) is 1.13. The van der Waals surface area contributed by atoms with E-state index in [-0.39, 0.29) is 12.4 Å². The van der Waals surface area contributed by atoms with Gasteiger partial charge in [0.15, 0.2) is 0 Å². The van der Waals surface area contributed by atoms with Gasteiger partial charge in [-0.2, -0.15) is 0 Å². The van der Waals surface area contributed by atoms with Gasteiger partial charge in [0.25, 0.3) is 0 Å². The number of alkyl halides is 1. The summed E-state index contributed by atoms with van der Waals surface area (Å²) in [5.74, 6) is 0. The maximum Gasteiger partial charge on any atom is 0.0159 e. The van der Waals surface area contributed by atoms with Gasteiger partial charge in [0.05, 0.1) is 0 Å². The quantitative estimate of drug-likeness (QED) is 0.635. The molecule has 0 atom stereocenters. The van der Waals surface area contributed by atoms with Gasteiger partial charge in [-0.3, -0.25) is 0 Å². The molecule has 1 nitrogen and oxygen atoms in total. The summed E-state index contributed by atoms with van der Waals surface area (Å²) in [7, 11) is 0. The molecule has 0 unspecified atom stereocenters. The second-order valence-electron chi connectivity index (χ2n) is 2.24. The summed E-state index contributed by atoms with van der Waals surface area (Å²) < 4.78 is 0. The van der Waals surface area contributed by atoms with Crippen molar-refractivity contribution in [2.45, 2.75) is 12.8 Å². The second-order valence-corrected chi connectivity index (χ2v) is 3.03. The molecule has 0 aromatic carbocycles. The van der Waals surface area contributed by atoms with Gasteiger partial charge in [-0.05, 0) is 25.9 Å². The van der Waals surface area contributed by atoms with Crippen LogP contribution in [0.1, 0.15) is 12.8 Å². The van der Waals surface area contributed by atoms with Crippen LogP contribution in [0.4, 0.5) is 0 Å². The second kappa shape index (κ2) is 5.51. The molecule has 9 heavy (non-hydrogen) atoms. The minimum Gasteiger partial charge on any atom is -0.303 e. The molecule has 1 aliphatic heterocycles. The molecule has 1 heterocycles. The topological polar surface area (TPSA) is 3.24 Å². The van der Waals surface area contributed by atoms with Crippen molar-refractivity contribution in [1.82, 2.24) is 4.90 Å². The molecule has 0 spiro atoms. The Morgan fingerprint density at radius 2 is 1.78 bits per heavy atom. The van der Waals surface area contributed by atoms with Gasteiger partial charge in [-0.1, -0.05) is 15.9 Å². The predicted molar refractivity (Wildman–Crippen MR) is 46.7 cm³/mol. The number of hydrogen-bond acceptors (Lipinski definition) is 1. The molecule has 0 saturated carbocycles. The van der Waals surface area contributed by atoms with Crippen molar-refractivity contribution in [3.63, 3.8) is 0 Å². The van der Waals surface area contributed by atoms with Crippen LogP contribution in [0.15, 0.2) is 0 Å². The van der Waals surface area contributed by atoms with Crippen LogP contribution in [0.2, 0.25) is 0 Å². The zero-order valence-corrected chi connectivity index (χ0v) is 7.88. The van der Waals surface area contributed by atoms with Crippen molar-refractivity contribution in [1.29, 1.82) is 0 Å². The summed E-state index contributed by atoms with van der Waals surface area (Å²) in [6.07, 6.45) is 2.82. The largest absolute Gasteiger partial charge is 0.303 e. The van der Waals surface area contributed by atoms with Crippen molar-refractivity contribution < 1.29 is 0 Å². The van der Waals surface area contributed by atoms with Crippen LogP contribution in [0.3, 0.4) is 0 Å². The molecular weight excluding hydrogens is 201 g/mol. The van der Waals surface area contributed by atoms with E-state index in [0.717, 1.165) is 5.33 Å². The molecule has 1 aliphatic rings. The predicted octanol–water partition coefficient (Wildman–Crippen LogP) is 1.90. The standard InChI is InChI=1S/C6H12BrN.ClH/c7-3-6-8-4-1-2-5-8;/h1-6H2;1H. The third-order valence-electron chi connectivity index (χ3n) is 1.60. The number of likely N-dealkylation sites (tertiary alicyclic amines) is 1. The minimum absolute atomic E-state index is 0. The normalized spacial score (nSPS) is 19.7. The fourth-order valence-electron chi connectivity index (χ4n) is 1.13. The van der Waals surface area contributed by atoms with Gasteiger partial charge in [-0.15, -0.1) is 12.4 Å². The Hall–Kier alpha value is 0.730. The molecule has 0 N–H and O–H groups in total. The van der Waals surface area contributed by atoms with Crippen LogP contribution >= 0.6 is 28.3 Å². The van der Waals surface area contributed by atoms with Crippen LogP contribution in [0.5, 0.6) is 0 Å². The monoisotopic (exact) mass is 213 g/mol. The smallest absolute Gasteiger partial charge is 0.0159 e. The summed E-state index contributed by atoms with van der Waals surface area (Å²) in [6.45, 7) is 3.89. The molecule has 0 amide bonds. The van der Waals surface area contributed by atoms with E-state index in [1.54, 1.807) is 0 Å². The van der Waals surface area contributed by atoms with E-state index < -0.39 is 0 Å². The summed E-state index contributed by atoms with van der Waals surface area (Å²) in [4.78, 5) is 2.49. The fraction of sp³-hybridized carbons (Fsp3) is 1.00. The van der Waals surface area contributed by atoms with Crippen molar-refractivity contribution in [2.75, 3.05) is 25.0 Å². The lowest BCUT2D eigenvalue weighted by molar-refractivity contribution is 0.363. The molecule has 0 radical (unpaired) electrons. The molecule has 1 fully saturated rings. The Balaban J connectivity index is 0.000000640. The van der Waals surface area contributed by atoms with E-state index in [4.69, 9.17) is 0 Å². The SMILES string of the molecule is BrCCN1CCCC1.Cl. The first-order valence-electron chi connectivity index (χ1n) is 3.22. The fourth-order valence-corrected chi connectivity index (χ4v) is 1.63. The number of halogens is 2. The van der Waals surface area contributed by atoms with E-state index in [1.807, 2.05) is 0 Å². The van der Waals surface area contributed by atoms with Crippen LogP contribution in [0.25, 0.3) is 0 Å². The first-order chi connectivity index (χ1) is 3.93. The number of rotatable bonds is 2. The third-order valence-corrected chi connectivity index (χ3v) is 1.95. The van der Waals surface area contributed by atoms with Gasteiger partial charge >= 0.3 is 0 Å². The summed E-state index contributed by atoms with van der Waals surface area (Å²) in [5.41, 5.74) is 0. The van der Waals surface area contributed by atoms with Crippen LogP contribution in [-0.4, -0.2) is 29.9 Å². The Morgan fingerprint density at radius 1 is 1.22 bits per heavy atom. The highest BCUT2D eigenvalue weighted by Crippen LogP contribution is 2.06. The van der Waals surface area contributed by atoms with Gasteiger partial charge in [0.2, 0.25) is 0 Å². The van der Waals surface area contributed by atoms with Gasteiger partial charge in [-0.25, -0.2) is 0 Å². The Morgan fingerprint density at radius 3 is 2.22 bits per heavy atom. The van der Waals surface area contributed by atoms with E-state index in [0.29, 0.717) is 0 Å². The van der Waals surface area contributed by atoms with E-state index in [9.17, 15) is 0 Å². The average Bonchev–Trinajstić information content (AvgIpc) is 2.19. The van der Waals surface area contributed by atoms with E-state index >= 15 is 0 Å². The third kappa shape index (κ3) is 3.43. The molecule has 0 aromatic heterocycles. The van der Waals surface area contributed by atoms with Crippen LogP contribution in [0, 0.1) is 0 Å². The summed E-state index contributed by atoms with van der Waals surface area (Å²) in [6, 6.07) is 0. The highest BCUT2D eigenvalue weighted by molar-refractivity contribution is 9.09. The maximum absolute atomic E-state index is 3.42. The minimum atomic E-state index is 0. The first kappa shape index (κ1) is 9.73. The zero-order chi connectivity index (χ0) is 5.82. The molecule has 0 aromatic rings. The maximum atomic E-state index is 3.42. The lowest BCUT2D eigenvalue weighted by atomic mass is 10.4. The Bertz CT molecular complexity index is 64.1. The van der Waals surface area contributed by atoms with Crippen molar-refractivity contribution >= 4 is 28.3 Å². The van der Waals surface area contributed by atoms with Crippen LogP contribution in [-0.2, 0) is 0 Å². The molecule has 0 bridgehead atoms. The number of nitrogens with zero attached hydrogens (tertiary/aromatic N) is 1. The van der Waals surface area contributed by atoms with Crippen molar-refractivity contribution in [2.24, 2.45) is 0 Å². The number of hydrogen-bond donors (Lipinski definition) is 0. The van der Waals surface area contributed by atoms with Crippen molar-refractivity contribution in [3.8, 4) is 0 Å². The molecular formula is C6H13BrClN. The van der Waals surface area contributed by atoms with Gasteiger partial charge < -0.3 is 4.90 Å². The van der Waals surface area contributed by atoms with Gasteiger partial charge in [0.1, 0.15) is 0 Å². The molecule has 3 heteroatoms. The van der Waals surface area contributed by atoms with E-state index in [1.165, 1.54) is 32.5 Å². The zero-order valence-electron chi connectivity index (χ0n) is 5.48. The van der Waals surface area contributed by atoms with E-state index in [2.05, 4.69) is 20.8 Å². The lowest BCUT2D eigenvalue weighted by Gasteiger charge is -2.10. The Labute approximate surface area is 71.3 Å². The Kier molecular flexibility index (Phi) is 5.96. The molecule has 1 rings (SSSR count). The first-order valence-corrected chi connectivity index (χ1v) is 4.34. The highest BCUT2D eigenvalue weighted by Gasteiger charge is 2.08. The molecule has 0 aliphatic carbocycles. The molecule has 1 saturated heterocycles.